The summed E-state index contributed by atoms with van der Waals surface area (Å²) < 4.78 is 10.5. The first-order valence-electron chi connectivity index (χ1n) is 8.56. The van der Waals surface area contributed by atoms with E-state index in [1.807, 2.05) is 13.0 Å². The number of aromatic amines is 1. The lowest BCUT2D eigenvalue weighted by molar-refractivity contribution is 0.0745. The SMILES string of the molecule is CCN(Cc1nc2ccccc2c(=O)[nH]1)C(=O)c1ccc(OC)cc1OC. The zero-order valence-corrected chi connectivity index (χ0v) is 15.5. The molecule has 140 valence electrons. The Labute approximate surface area is 156 Å². The minimum absolute atomic E-state index is 0.185. The second kappa shape index (κ2) is 7.90. The van der Waals surface area contributed by atoms with Crippen LogP contribution < -0.4 is 15.0 Å². The molecule has 1 amide bonds. The van der Waals surface area contributed by atoms with Crippen LogP contribution in [0.15, 0.2) is 47.3 Å². The number of hydrogen-bond acceptors (Lipinski definition) is 5. The number of para-hydroxylation sites is 1. The summed E-state index contributed by atoms with van der Waals surface area (Å²) in [5.41, 5.74) is 0.797. The van der Waals surface area contributed by atoms with Crippen LogP contribution in [0.1, 0.15) is 23.1 Å². The van der Waals surface area contributed by atoms with Crippen molar-refractivity contribution < 1.29 is 14.3 Å². The quantitative estimate of drug-likeness (QED) is 0.724. The highest BCUT2D eigenvalue weighted by Gasteiger charge is 2.20. The van der Waals surface area contributed by atoms with Crippen molar-refractivity contribution >= 4 is 16.8 Å². The molecule has 2 aromatic carbocycles. The fraction of sp³-hybridized carbons (Fsp3) is 0.250. The predicted octanol–water partition coefficient (Wildman–Crippen LogP) is 2.60. The van der Waals surface area contributed by atoms with E-state index in [0.717, 1.165) is 0 Å². The molecule has 0 saturated carbocycles. The summed E-state index contributed by atoms with van der Waals surface area (Å²) in [5, 5.41) is 0.521. The number of carbonyl (C=O) groups excluding carboxylic acids is 1. The molecule has 0 aliphatic heterocycles. The van der Waals surface area contributed by atoms with Crippen LogP contribution in [-0.4, -0.2) is 41.5 Å². The zero-order chi connectivity index (χ0) is 19.4. The van der Waals surface area contributed by atoms with Crippen LogP contribution in [0.4, 0.5) is 0 Å². The Bertz CT molecular complexity index is 1030. The van der Waals surface area contributed by atoms with Gasteiger partial charge in [-0.25, -0.2) is 4.98 Å². The summed E-state index contributed by atoms with van der Waals surface area (Å²) >= 11 is 0. The minimum atomic E-state index is -0.221. The van der Waals surface area contributed by atoms with Crippen LogP contribution in [0.2, 0.25) is 0 Å². The van der Waals surface area contributed by atoms with Crippen molar-refractivity contribution in [2.75, 3.05) is 20.8 Å². The molecule has 0 unspecified atom stereocenters. The lowest BCUT2D eigenvalue weighted by atomic mass is 10.1. The van der Waals surface area contributed by atoms with E-state index in [2.05, 4.69) is 9.97 Å². The number of carbonyl (C=O) groups is 1. The fourth-order valence-electron chi connectivity index (χ4n) is 2.86. The molecule has 0 aliphatic rings. The van der Waals surface area contributed by atoms with Gasteiger partial charge in [0.2, 0.25) is 0 Å². The average molecular weight is 367 g/mol. The molecular formula is C20H21N3O4. The number of hydrogen-bond donors (Lipinski definition) is 1. The first kappa shape index (κ1) is 18.4. The van der Waals surface area contributed by atoms with E-state index >= 15 is 0 Å². The van der Waals surface area contributed by atoms with E-state index in [1.54, 1.807) is 48.4 Å². The van der Waals surface area contributed by atoms with E-state index in [1.165, 1.54) is 7.11 Å². The molecule has 0 fully saturated rings. The van der Waals surface area contributed by atoms with E-state index in [0.29, 0.717) is 40.3 Å². The zero-order valence-electron chi connectivity index (χ0n) is 15.5. The molecule has 0 atom stereocenters. The third-order valence-corrected chi connectivity index (χ3v) is 4.31. The van der Waals surface area contributed by atoms with Crippen molar-refractivity contribution in [2.45, 2.75) is 13.5 Å². The van der Waals surface area contributed by atoms with Gasteiger partial charge in [0.1, 0.15) is 17.3 Å². The third kappa shape index (κ3) is 3.76. The van der Waals surface area contributed by atoms with Gasteiger partial charge in [-0.3, -0.25) is 9.59 Å². The molecule has 0 saturated heterocycles. The summed E-state index contributed by atoms with van der Waals surface area (Å²) in [4.78, 5) is 34.1. The lowest BCUT2D eigenvalue weighted by Gasteiger charge is -2.21. The molecule has 1 heterocycles. The fourth-order valence-corrected chi connectivity index (χ4v) is 2.86. The summed E-state index contributed by atoms with van der Waals surface area (Å²) in [6.07, 6.45) is 0. The van der Waals surface area contributed by atoms with E-state index < -0.39 is 0 Å². The Kier molecular flexibility index (Phi) is 5.40. The van der Waals surface area contributed by atoms with Crippen LogP contribution in [0, 0.1) is 0 Å². The van der Waals surface area contributed by atoms with Gasteiger partial charge in [0.15, 0.2) is 0 Å². The van der Waals surface area contributed by atoms with Gasteiger partial charge in [0, 0.05) is 12.6 Å². The highest BCUT2D eigenvalue weighted by atomic mass is 16.5. The topological polar surface area (TPSA) is 84.5 Å². The van der Waals surface area contributed by atoms with Gasteiger partial charge in [-0.1, -0.05) is 12.1 Å². The Balaban J connectivity index is 1.92. The van der Waals surface area contributed by atoms with Crippen LogP contribution in [0.3, 0.4) is 0 Å². The maximum atomic E-state index is 13.0. The van der Waals surface area contributed by atoms with Crippen molar-refractivity contribution in [3.05, 3.63) is 64.2 Å². The number of benzene rings is 2. The molecule has 0 radical (unpaired) electrons. The van der Waals surface area contributed by atoms with Crippen molar-refractivity contribution in [3.8, 4) is 11.5 Å². The van der Waals surface area contributed by atoms with Crippen LogP contribution >= 0.6 is 0 Å². The second-order valence-electron chi connectivity index (χ2n) is 5.92. The van der Waals surface area contributed by atoms with Gasteiger partial charge >= 0.3 is 0 Å². The maximum Gasteiger partial charge on any atom is 0.258 e. The van der Waals surface area contributed by atoms with Gasteiger partial charge in [-0.05, 0) is 31.2 Å². The molecule has 0 aliphatic carbocycles. The number of nitrogens with zero attached hydrogens (tertiary/aromatic N) is 2. The molecule has 27 heavy (non-hydrogen) atoms. The van der Waals surface area contributed by atoms with Gasteiger partial charge < -0.3 is 19.4 Å². The number of rotatable bonds is 6. The van der Waals surface area contributed by atoms with Crippen LogP contribution in [0.5, 0.6) is 11.5 Å². The van der Waals surface area contributed by atoms with Crippen molar-refractivity contribution in [2.24, 2.45) is 0 Å². The molecule has 7 heteroatoms. The summed E-state index contributed by atoms with van der Waals surface area (Å²) in [7, 11) is 3.06. The van der Waals surface area contributed by atoms with E-state index in [9.17, 15) is 9.59 Å². The Morgan fingerprint density at radius 1 is 1.15 bits per heavy atom. The number of fused-ring (bicyclic) bond motifs is 1. The first-order valence-corrected chi connectivity index (χ1v) is 8.56. The van der Waals surface area contributed by atoms with Gasteiger partial charge in [-0.15, -0.1) is 0 Å². The Morgan fingerprint density at radius 2 is 1.93 bits per heavy atom. The molecule has 3 aromatic rings. The van der Waals surface area contributed by atoms with Gasteiger partial charge in [0.25, 0.3) is 11.5 Å². The molecule has 1 aromatic heterocycles. The summed E-state index contributed by atoms with van der Waals surface area (Å²) in [6.45, 7) is 2.50. The maximum absolute atomic E-state index is 13.0. The number of H-pyrrole nitrogens is 1. The molecule has 3 rings (SSSR count). The average Bonchev–Trinajstić information content (AvgIpc) is 2.71. The largest absolute Gasteiger partial charge is 0.497 e. The summed E-state index contributed by atoms with van der Waals surface area (Å²) in [6, 6.07) is 12.1. The minimum Gasteiger partial charge on any atom is -0.497 e. The third-order valence-electron chi connectivity index (χ3n) is 4.31. The van der Waals surface area contributed by atoms with Crippen LogP contribution in [-0.2, 0) is 6.54 Å². The van der Waals surface area contributed by atoms with Gasteiger partial charge in [-0.2, -0.15) is 0 Å². The second-order valence-corrected chi connectivity index (χ2v) is 5.92. The molecule has 7 nitrogen and oxygen atoms in total. The number of methoxy groups -OCH3 is 2. The number of ether oxygens (including phenoxy) is 2. The Hall–Kier alpha value is -3.35. The molecule has 0 spiro atoms. The smallest absolute Gasteiger partial charge is 0.258 e. The first-order chi connectivity index (χ1) is 13.1. The van der Waals surface area contributed by atoms with E-state index in [-0.39, 0.29) is 18.0 Å². The standard InChI is InChI=1S/C20H21N3O4/c1-4-23(20(25)15-10-9-13(26-2)11-17(15)27-3)12-18-21-16-8-6-5-7-14(16)19(24)22-18/h5-11H,4,12H2,1-3H3,(H,21,22,24). The van der Waals surface area contributed by atoms with Crippen molar-refractivity contribution in [1.29, 1.82) is 0 Å². The number of nitrogens with one attached hydrogen (secondary N) is 1. The lowest BCUT2D eigenvalue weighted by Crippen LogP contribution is -2.32. The van der Waals surface area contributed by atoms with Crippen LogP contribution in [0.25, 0.3) is 10.9 Å². The van der Waals surface area contributed by atoms with Gasteiger partial charge in [0.05, 0.1) is 37.2 Å². The van der Waals surface area contributed by atoms with Crippen molar-refractivity contribution in [1.82, 2.24) is 14.9 Å². The summed E-state index contributed by atoms with van der Waals surface area (Å²) in [5.74, 6) is 1.25. The monoisotopic (exact) mass is 367 g/mol. The highest BCUT2D eigenvalue weighted by molar-refractivity contribution is 5.97. The van der Waals surface area contributed by atoms with Crippen molar-refractivity contribution in [3.63, 3.8) is 0 Å². The Morgan fingerprint density at radius 3 is 2.63 bits per heavy atom. The molecule has 0 bridgehead atoms. The molecular weight excluding hydrogens is 346 g/mol. The number of aromatic nitrogens is 2. The highest BCUT2D eigenvalue weighted by Crippen LogP contribution is 2.26. The normalized spacial score (nSPS) is 10.6. The van der Waals surface area contributed by atoms with E-state index in [4.69, 9.17) is 9.47 Å². The number of amides is 1. The molecule has 1 N–H and O–H groups in total. The predicted molar refractivity (Wildman–Crippen MR) is 102 cm³/mol.